The van der Waals surface area contributed by atoms with E-state index < -0.39 is 5.82 Å². The van der Waals surface area contributed by atoms with Crippen molar-refractivity contribution in [2.75, 3.05) is 20.3 Å². The molecular formula is C28H28FN4O4P. The van der Waals surface area contributed by atoms with Crippen LogP contribution in [0.25, 0.3) is 0 Å². The van der Waals surface area contributed by atoms with Gasteiger partial charge in [-0.25, -0.2) is 4.39 Å². The first-order valence-electron chi connectivity index (χ1n) is 12.2. The number of amides is 1. The molecule has 1 fully saturated rings. The van der Waals surface area contributed by atoms with Gasteiger partial charge in [-0.1, -0.05) is 30.3 Å². The third-order valence-electron chi connectivity index (χ3n) is 6.58. The van der Waals surface area contributed by atoms with Crippen molar-refractivity contribution in [2.45, 2.75) is 25.6 Å². The van der Waals surface area contributed by atoms with Gasteiger partial charge in [0.05, 0.1) is 50.6 Å². The molecule has 0 saturated carbocycles. The van der Waals surface area contributed by atoms with Crippen LogP contribution in [0.2, 0.25) is 0 Å². The van der Waals surface area contributed by atoms with E-state index in [0.29, 0.717) is 54.2 Å². The molecule has 38 heavy (non-hydrogen) atoms. The van der Waals surface area contributed by atoms with Gasteiger partial charge in [0.25, 0.3) is 11.5 Å². The lowest BCUT2D eigenvalue weighted by atomic mass is 10.00. The maximum absolute atomic E-state index is 14.4. The number of rotatable bonds is 9. The standard InChI is InChI=1S/C28H28FN4O4P/c1-36-24-10-9-23(29)21(27(24)38)12-30-28(35)22-15-33(31-26(22)20-16-37-17-20)14-19-7-5-18(6-8-19)13-32-11-3-2-4-25(32)34/h2-11,15,20H,12-14,16-17,38H2,1H3,(H,30,35). The average molecular weight is 535 g/mol. The minimum absolute atomic E-state index is 0.0124. The molecule has 1 aliphatic heterocycles. The number of aromatic nitrogens is 3. The van der Waals surface area contributed by atoms with Crippen LogP contribution in [-0.2, 0) is 24.4 Å². The van der Waals surface area contributed by atoms with Crippen LogP contribution >= 0.6 is 9.24 Å². The van der Waals surface area contributed by atoms with Crippen molar-refractivity contribution in [2.24, 2.45) is 0 Å². The summed E-state index contributed by atoms with van der Waals surface area (Å²) in [6.07, 6.45) is 3.49. The Morgan fingerprint density at radius 2 is 1.87 bits per heavy atom. The average Bonchev–Trinajstić information content (AvgIpc) is 3.28. The summed E-state index contributed by atoms with van der Waals surface area (Å²) in [4.78, 5) is 25.2. The van der Waals surface area contributed by atoms with Crippen LogP contribution in [0.4, 0.5) is 4.39 Å². The number of hydrogen-bond acceptors (Lipinski definition) is 5. The van der Waals surface area contributed by atoms with Gasteiger partial charge < -0.3 is 19.4 Å². The Morgan fingerprint density at radius 1 is 1.13 bits per heavy atom. The molecule has 0 aliphatic carbocycles. The summed E-state index contributed by atoms with van der Waals surface area (Å²) in [5.41, 5.74) is 3.44. The SMILES string of the molecule is COc1ccc(F)c(CNC(=O)c2cn(Cc3ccc(Cn4ccccc4=O)cc3)nc2C2COC2)c1P. The lowest BCUT2D eigenvalue weighted by Gasteiger charge is -2.25. The van der Waals surface area contributed by atoms with Gasteiger partial charge in [-0.05, 0) is 29.3 Å². The van der Waals surface area contributed by atoms with Crippen molar-refractivity contribution in [1.29, 1.82) is 0 Å². The van der Waals surface area contributed by atoms with Crippen LogP contribution in [0.5, 0.6) is 5.75 Å². The molecule has 10 heteroatoms. The minimum Gasteiger partial charge on any atom is -0.496 e. The summed E-state index contributed by atoms with van der Waals surface area (Å²) in [6.45, 7) is 1.98. The largest absolute Gasteiger partial charge is 0.496 e. The number of nitrogens with zero attached hydrogens (tertiary/aromatic N) is 3. The Labute approximate surface area is 221 Å². The molecule has 2 aromatic carbocycles. The number of nitrogens with one attached hydrogen (secondary N) is 1. The third-order valence-corrected chi connectivity index (χ3v) is 7.22. The van der Waals surface area contributed by atoms with Crippen LogP contribution < -0.4 is 20.9 Å². The number of benzene rings is 2. The van der Waals surface area contributed by atoms with Crippen LogP contribution in [0, 0.1) is 5.82 Å². The van der Waals surface area contributed by atoms with Gasteiger partial charge in [-0.3, -0.25) is 14.3 Å². The highest BCUT2D eigenvalue weighted by molar-refractivity contribution is 7.28. The van der Waals surface area contributed by atoms with Gasteiger partial charge in [0, 0.05) is 35.9 Å². The van der Waals surface area contributed by atoms with Gasteiger partial charge in [-0.2, -0.15) is 5.10 Å². The highest BCUT2D eigenvalue weighted by atomic mass is 31.0. The van der Waals surface area contributed by atoms with E-state index in [0.717, 1.165) is 11.1 Å². The molecule has 0 spiro atoms. The smallest absolute Gasteiger partial charge is 0.255 e. The second-order valence-electron chi connectivity index (χ2n) is 9.17. The zero-order valence-electron chi connectivity index (χ0n) is 20.9. The van der Waals surface area contributed by atoms with E-state index in [1.54, 1.807) is 33.8 Å². The van der Waals surface area contributed by atoms with Crippen molar-refractivity contribution in [1.82, 2.24) is 19.7 Å². The molecule has 0 radical (unpaired) electrons. The third kappa shape index (κ3) is 5.54. The highest BCUT2D eigenvalue weighted by Crippen LogP contribution is 2.26. The predicted octanol–water partition coefficient (Wildman–Crippen LogP) is 2.83. The van der Waals surface area contributed by atoms with Crippen LogP contribution in [0.3, 0.4) is 0 Å². The van der Waals surface area contributed by atoms with E-state index in [4.69, 9.17) is 14.6 Å². The molecular weight excluding hydrogens is 506 g/mol. The zero-order chi connectivity index (χ0) is 26.6. The second kappa shape index (κ2) is 11.3. The number of hydrogen-bond donors (Lipinski definition) is 1. The topological polar surface area (TPSA) is 87.4 Å². The number of halogens is 1. The normalized spacial score (nSPS) is 13.2. The molecule has 1 amide bonds. The van der Waals surface area contributed by atoms with Crippen LogP contribution in [0.15, 0.2) is 71.8 Å². The maximum atomic E-state index is 14.4. The van der Waals surface area contributed by atoms with E-state index >= 15 is 0 Å². The first-order chi connectivity index (χ1) is 18.4. The summed E-state index contributed by atoms with van der Waals surface area (Å²) in [5.74, 6) is -0.176. The van der Waals surface area contributed by atoms with E-state index in [9.17, 15) is 14.0 Å². The zero-order valence-corrected chi connectivity index (χ0v) is 22.0. The Kier molecular flexibility index (Phi) is 7.67. The van der Waals surface area contributed by atoms with Crippen LogP contribution in [-0.4, -0.2) is 40.6 Å². The fourth-order valence-electron chi connectivity index (χ4n) is 4.35. The van der Waals surface area contributed by atoms with E-state index in [1.807, 2.05) is 30.3 Å². The second-order valence-corrected chi connectivity index (χ2v) is 9.75. The Balaban J connectivity index is 1.30. The van der Waals surface area contributed by atoms with Gasteiger partial charge in [0.2, 0.25) is 0 Å². The van der Waals surface area contributed by atoms with Crippen molar-refractivity contribution in [3.05, 3.63) is 111 Å². The van der Waals surface area contributed by atoms with E-state index in [1.165, 1.54) is 19.2 Å². The first kappa shape index (κ1) is 25.8. The van der Waals surface area contributed by atoms with E-state index in [2.05, 4.69) is 14.6 Å². The summed E-state index contributed by atoms with van der Waals surface area (Å²) in [7, 11) is 3.99. The molecule has 5 rings (SSSR count). The molecule has 1 unspecified atom stereocenters. The predicted molar refractivity (Wildman–Crippen MR) is 145 cm³/mol. The number of pyridine rings is 1. The molecule has 8 nitrogen and oxygen atoms in total. The molecule has 2 aromatic heterocycles. The monoisotopic (exact) mass is 534 g/mol. The molecule has 196 valence electrons. The van der Waals surface area contributed by atoms with Crippen molar-refractivity contribution in [3.8, 4) is 5.75 Å². The first-order valence-corrected chi connectivity index (χ1v) is 12.8. The number of ether oxygens (including phenoxy) is 2. The number of methoxy groups -OCH3 is 1. The van der Waals surface area contributed by atoms with Crippen LogP contribution in [0.1, 0.15) is 38.7 Å². The fraction of sp³-hybridized carbons (Fsp3) is 0.250. The molecule has 4 aromatic rings. The Bertz CT molecular complexity index is 1510. The van der Waals surface area contributed by atoms with Gasteiger partial charge in [0.15, 0.2) is 0 Å². The molecule has 3 heterocycles. The van der Waals surface area contributed by atoms with Gasteiger partial charge in [0.1, 0.15) is 11.6 Å². The number of carbonyl (C=O) groups is 1. The summed E-state index contributed by atoms with van der Waals surface area (Å²) in [6, 6.07) is 15.9. The molecule has 1 saturated heterocycles. The lowest BCUT2D eigenvalue weighted by Crippen LogP contribution is -2.30. The minimum atomic E-state index is -0.417. The molecule has 1 N–H and O–H groups in total. The summed E-state index contributed by atoms with van der Waals surface area (Å²) < 4.78 is 28.4. The quantitative estimate of drug-likeness (QED) is 0.334. The molecule has 0 bridgehead atoms. The number of carbonyl (C=O) groups excluding carboxylic acids is 1. The Hall–Kier alpha value is -3.81. The lowest BCUT2D eigenvalue weighted by molar-refractivity contribution is 0.00620. The maximum Gasteiger partial charge on any atom is 0.255 e. The molecule has 1 aliphatic rings. The highest BCUT2D eigenvalue weighted by Gasteiger charge is 2.29. The summed E-state index contributed by atoms with van der Waals surface area (Å²) >= 11 is 0. The molecule has 1 atom stereocenters. The Morgan fingerprint density at radius 3 is 2.53 bits per heavy atom. The van der Waals surface area contributed by atoms with Gasteiger partial charge in [-0.15, -0.1) is 9.24 Å². The fourth-order valence-corrected chi connectivity index (χ4v) is 4.80. The van der Waals surface area contributed by atoms with E-state index in [-0.39, 0.29) is 23.9 Å². The van der Waals surface area contributed by atoms with Crippen molar-refractivity contribution >= 4 is 20.5 Å². The van der Waals surface area contributed by atoms with Crippen molar-refractivity contribution < 1.29 is 18.7 Å². The van der Waals surface area contributed by atoms with Gasteiger partial charge >= 0.3 is 0 Å². The summed E-state index contributed by atoms with van der Waals surface area (Å²) in [5, 5.41) is 8.10. The van der Waals surface area contributed by atoms with Crippen molar-refractivity contribution in [3.63, 3.8) is 0 Å².